The predicted molar refractivity (Wildman–Crippen MR) is 80.7 cm³/mol. The molecule has 0 fully saturated rings. The fourth-order valence-corrected chi connectivity index (χ4v) is 2.95. The van der Waals surface area contributed by atoms with Crippen molar-refractivity contribution in [2.75, 3.05) is 18.2 Å². The Kier molecular flexibility index (Phi) is 3.85. The second-order valence-corrected chi connectivity index (χ2v) is 5.43. The Balaban J connectivity index is 1.87. The number of aromatic amines is 1. The van der Waals surface area contributed by atoms with Crippen molar-refractivity contribution >= 4 is 17.9 Å². The Hall–Kier alpha value is -2.34. The number of hydrogen-bond donors (Lipinski definition) is 2. The molecule has 3 rings (SSSR count). The molecule has 1 aromatic heterocycles. The number of hydrogen-bond acceptors (Lipinski definition) is 5. The Morgan fingerprint density at radius 2 is 2.41 bits per heavy atom. The lowest BCUT2D eigenvalue weighted by molar-refractivity contribution is -0.125. The number of rotatable bonds is 5. The van der Waals surface area contributed by atoms with Gasteiger partial charge >= 0.3 is 0 Å². The minimum absolute atomic E-state index is 0.0456. The van der Waals surface area contributed by atoms with Crippen LogP contribution < -0.4 is 9.64 Å². The van der Waals surface area contributed by atoms with Crippen molar-refractivity contribution < 1.29 is 19.4 Å². The van der Waals surface area contributed by atoms with Crippen LogP contribution in [0, 0.1) is 11.8 Å². The molecule has 0 aromatic carbocycles. The van der Waals surface area contributed by atoms with E-state index in [2.05, 4.69) is 4.98 Å². The largest absolute Gasteiger partial charge is 0.469 e. The molecule has 0 radical (unpaired) electrons. The summed E-state index contributed by atoms with van der Waals surface area (Å²) >= 11 is 0. The van der Waals surface area contributed by atoms with Crippen LogP contribution in [0.3, 0.4) is 0 Å². The summed E-state index contributed by atoms with van der Waals surface area (Å²) in [6.07, 6.45) is 7.28. The summed E-state index contributed by atoms with van der Waals surface area (Å²) in [5, 5.41) is 9.07. The number of allylic oxidation sites excluding steroid dienone is 3. The lowest BCUT2D eigenvalue weighted by atomic mass is 9.82. The zero-order chi connectivity index (χ0) is 15.7. The molecule has 0 spiro atoms. The standard InChI is InChI=1S/C16H18N2O4/c1-2-10-5-12(3-4-13(10)14(21)8-20)18-9-22-15-6-11(7-19)17-16(15)18/h3-7,10,13,17,20H,2,8-9H2,1H3. The number of carbonyl (C=O) groups is 2. The first-order valence-corrected chi connectivity index (χ1v) is 7.30. The molecule has 2 heterocycles. The van der Waals surface area contributed by atoms with E-state index >= 15 is 0 Å². The normalized spacial score (nSPS) is 23.0. The molecule has 116 valence electrons. The van der Waals surface area contributed by atoms with Crippen LogP contribution in [0.5, 0.6) is 5.75 Å². The van der Waals surface area contributed by atoms with Gasteiger partial charge in [-0.25, -0.2) is 0 Å². The number of fused-ring (bicyclic) bond motifs is 1. The molecule has 0 saturated heterocycles. The first-order chi connectivity index (χ1) is 10.7. The molecule has 0 bridgehead atoms. The fourth-order valence-electron chi connectivity index (χ4n) is 2.95. The van der Waals surface area contributed by atoms with Crippen LogP contribution in [0.2, 0.25) is 0 Å². The molecule has 6 heteroatoms. The first kappa shape index (κ1) is 14.6. The molecule has 2 aliphatic rings. The second-order valence-electron chi connectivity index (χ2n) is 5.43. The highest BCUT2D eigenvalue weighted by Crippen LogP contribution is 2.38. The highest BCUT2D eigenvalue weighted by atomic mass is 16.5. The molecule has 2 N–H and O–H groups in total. The number of aromatic nitrogens is 1. The van der Waals surface area contributed by atoms with Crippen molar-refractivity contribution in [2.45, 2.75) is 13.3 Å². The third-order valence-electron chi connectivity index (χ3n) is 4.16. The molecule has 1 aromatic rings. The number of H-pyrrole nitrogens is 1. The van der Waals surface area contributed by atoms with Crippen molar-refractivity contribution in [3.63, 3.8) is 0 Å². The van der Waals surface area contributed by atoms with Crippen LogP contribution >= 0.6 is 0 Å². The van der Waals surface area contributed by atoms with Crippen molar-refractivity contribution in [3.05, 3.63) is 35.7 Å². The van der Waals surface area contributed by atoms with Gasteiger partial charge in [0.2, 0.25) is 0 Å². The molecule has 0 saturated carbocycles. The van der Waals surface area contributed by atoms with Crippen LogP contribution in [0.25, 0.3) is 0 Å². The van der Waals surface area contributed by atoms with Crippen LogP contribution in [0.15, 0.2) is 30.0 Å². The van der Waals surface area contributed by atoms with E-state index in [9.17, 15) is 9.59 Å². The summed E-state index contributed by atoms with van der Waals surface area (Å²) < 4.78 is 5.57. The van der Waals surface area contributed by atoms with Gasteiger partial charge < -0.3 is 14.8 Å². The van der Waals surface area contributed by atoms with Crippen molar-refractivity contribution in [1.29, 1.82) is 0 Å². The Morgan fingerprint density at radius 3 is 3.09 bits per heavy atom. The van der Waals surface area contributed by atoms with Crippen LogP contribution in [-0.4, -0.2) is 35.5 Å². The zero-order valence-corrected chi connectivity index (χ0v) is 12.3. The number of Topliss-reactive ketones (excluding diaryl/α,β-unsaturated/α-hetero) is 1. The fraction of sp³-hybridized carbons (Fsp3) is 0.375. The van der Waals surface area contributed by atoms with E-state index in [4.69, 9.17) is 9.84 Å². The SMILES string of the molecule is CCC1C=C(N2COc3cc(C=O)[nH]c32)C=CC1C(=O)CO. The van der Waals surface area contributed by atoms with Crippen LogP contribution in [-0.2, 0) is 4.79 Å². The smallest absolute Gasteiger partial charge is 0.167 e. The molecule has 22 heavy (non-hydrogen) atoms. The highest BCUT2D eigenvalue weighted by Gasteiger charge is 2.30. The first-order valence-electron chi connectivity index (χ1n) is 7.30. The maximum Gasteiger partial charge on any atom is 0.167 e. The van der Waals surface area contributed by atoms with Gasteiger partial charge in [0.25, 0.3) is 0 Å². The third-order valence-corrected chi connectivity index (χ3v) is 4.16. The summed E-state index contributed by atoms with van der Waals surface area (Å²) in [4.78, 5) is 27.6. The summed E-state index contributed by atoms with van der Waals surface area (Å²) in [5.74, 6) is 0.998. The van der Waals surface area contributed by atoms with Crippen LogP contribution in [0.4, 0.5) is 5.82 Å². The maximum atomic E-state index is 11.8. The average molecular weight is 302 g/mol. The number of nitrogens with zero attached hydrogens (tertiary/aromatic N) is 1. The molecule has 6 nitrogen and oxygen atoms in total. The molecule has 1 aliphatic heterocycles. The highest BCUT2D eigenvalue weighted by molar-refractivity contribution is 5.85. The minimum atomic E-state index is -0.440. The number of aldehydes is 1. The van der Waals surface area contributed by atoms with Gasteiger partial charge in [0.1, 0.15) is 6.61 Å². The molecule has 2 atom stereocenters. The Bertz CT molecular complexity index is 659. The molecular formula is C16H18N2O4. The quantitative estimate of drug-likeness (QED) is 0.808. The maximum absolute atomic E-state index is 11.8. The number of anilines is 1. The lowest BCUT2D eigenvalue weighted by Gasteiger charge is -2.27. The molecular weight excluding hydrogens is 284 g/mol. The average Bonchev–Trinajstić information content (AvgIpc) is 3.13. The monoisotopic (exact) mass is 302 g/mol. The van der Waals surface area contributed by atoms with E-state index in [0.29, 0.717) is 18.2 Å². The van der Waals surface area contributed by atoms with Crippen molar-refractivity contribution in [1.82, 2.24) is 4.98 Å². The van der Waals surface area contributed by atoms with Gasteiger partial charge in [-0.05, 0) is 18.4 Å². The molecule has 0 amide bonds. The van der Waals surface area contributed by atoms with Crippen molar-refractivity contribution in [3.8, 4) is 5.75 Å². The van der Waals surface area contributed by atoms with E-state index in [1.54, 1.807) is 6.07 Å². The van der Waals surface area contributed by atoms with Gasteiger partial charge in [0.15, 0.2) is 30.4 Å². The number of ketones is 1. The third kappa shape index (κ3) is 2.35. The van der Waals surface area contributed by atoms with Gasteiger partial charge in [-0.3, -0.25) is 14.5 Å². The number of aliphatic hydroxyl groups is 1. The van der Waals surface area contributed by atoms with Gasteiger partial charge in [-0.1, -0.05) is 19.1 Å². The van der Waals surface area contributed by atoms with Gasteiger partial charge in [-0.2, -0.15) is 0 Å². The number of nitrogens with one attached hydrogen (secondary N) is 1. The summed E-state index contributed by atoms with van der Waals surface area (Å²) in [6, 6.07) is 1.67. The lowest BCUT2D eigenvalue weighted by Crippen LogP contribution is -2.29. The predicted octanol–water partition coefficient (Wildman–Crippen LogP) is 1.64. The van der Waals surface area contributed by atoms with Gasteiger partial charge in [-0.15, -0.1) is 0 Å². The second kappa shape index (κ2) is 5.81. The van der Waals surface area contributed by atoms with Gasteiger partial charge in [0.05, 0.1) is 5.69 Å². The minimum Gasteiger partial charge on any atom is -0.469 e. The van der Waals surface area contributed by atoms with E-state index in [1.807, 2.05) is 30.1 Å². The van der Waals surface area contributed by atoms with E-state index in [0.717, 1.165) is 24.2 Å². The van der Waals surface area contributed by atoms with E-state index in [-0.39, 0.29) is 17.6 Å². The summed E-state index contributed by atoms with van der Waals surface area (Å²) in [5.41, 5.74) is 1.39. The topological polar surface area (TPSA) is 82.6 Å². The van der Waals surface area contributed by atoms with Gasteiger partial charge in [0, 0.05) is 17.7 Å². The summed E-state index contributed by atoms with van der Waals surface area (Å²) in [6.45, 7) is 1.94. The number of aliphatic hydroxyl groups excluding tert-OH is 1. The number of carbonyl (C=O) groups excluding carboxylic acids is 2. The van der Waals surface area contributed by atoms with E-state index in [1.165, 1.54) is 0 Å². The van der Waals surface area contributed by atoms with E-state index < -0.39 is 6.61 Å². The molecule has 1 aliphatic carbocycles. The van der Waals surface area contributed by atoms with Crippen molar-refractivity contribution in [2.24, 2.45) is 11.8 Å². The Morgan fingerprint density at radius 1 is 1.59 bits per heavy atom. The zero-order valence-electron chi connectivity index (χ0n) is 12.3. The number of ether oxygens (including phenoxy) is 1. The molecule has 2 unspecified atom stereocenters. The summed E-state index contributed by atoms with van der Waals surface area (Å²) in [7, 11) is 0. The Labute approximate surface area is 128 Å². The van der Waals surface area contributed by atoms with Crippen LogP contribution in [0.1, 0.15) is 23.8 Å².